The molecule has 0 saturated heterocycles. The van der Waals surface area contributed by atoms with Crippen LogP contribution in [-0.2, 0) is 6.42 Å². The first-order chi connectivity index (χ1) is 8.81. The number of hydrogen-bond donors (Lipinski definition) is 1. The minimum absolute atomic E-state index is 0.305. The van der Waals surface area contributed by atoms with Crippen molar-refractivity contribution in [3.8, 4) is 5.75 Å². The highest BCUT2D eigenvalue weighted by molar-refractivity contribution is 7.09. The number of benzene rings is 1. The van der Waals surface area contributed by atoms with Crippen LogP contribution in [0.25, 0.3) is 0 Å². The number of ether oxygens (including phenoxy) is 1. The summed E-state index contributed by atoms with van der Waals surface area (Å²) in [5, 5.41) is 6.62. The van der Waals surface area contributed by atoms with Crippen molar-refractivity contribution in [2.24, 2.45) is 0 Å². The standard InChI is InChI=1S/C14H18N2OS/c1-11(14-16-9-10-18-14)15-8-7-12-5-3-4-6-13(12)17-2/h3-6,9-11,15H,7-8H2,1-2H3. The van der Waals surface area contributed by atoms with Crippen LogP contribution >= 0.6 is 11.3 Å². The van der Waals surface area contributed by atoms with Gasteiger partial charge in [0, 0.05) is 11.6 Å². The van der Waals surface area contributed by atoms with E-state index in [1.165, 1.54) is 5.56 Å². The van der Waals surface area contributed by atoms with E-state index in [0.717, 1.165) is 23.7 Å². The molecule has 0 spiro atoms. The van der Waals surface area contributed by atoms with E-state index in [-0.39, 0.29) is 0 Å². The number of para-hydroxylation sites is 1. The van der Waals surface area contributed by atoms with Crippen molar-refractivity contribution in [3.63, 3.8) is 0 Å². The molecule has 1 N–H and O–H groups in total. The molecule has 1 aromatic heterocycles. The molecule has 0 bridgehead atoms. The summed E-state index contributed by atoms with van der Waals surface area (Å²) in [5.41, 5.74) is 1.24. The van der Waals surface area contributed by atoms with Crippen LogP contribution in [0.15, 0.2) is 35.8 Å². The van der Waals surface area contributed by atoms with Crippen molar-refractivity contribution in [1.29, 1.82) is 0 Å². The summed E-state index contributed by atoms with van der Waals surface area (Å²) in [4.78, 5) is 4.31. The van der Waals surface area contributed by atoms with Gasteiger partial charge in [-0.15, -0.1) is 11.3 Å². The van der Waals surface area contributed by atoms with Gasteiger partial charge in [0.05, 0.1) is 13.2 Å². The molecule has 0 amide bonds. The van der Waals surface area contributed by atoms with Crippen LogP contribution in [0.3, 0.4) is 0 Å². The smallest absolute Gasteiger partial charge is 0.122 e. The summed E-state index contributed by atoms with van der Waals surface area (Å²) < 4.78 is 5.34. The Morgan fingerprint density at radius 2 is 2.22 bits per heavy atom. The van der Waals surface area contributed by atoms with Gasteiger partial charge in [0.25, 0.3) is 0 Å². The maximum Gasteiger partial charge on any atom is 0.122 e. The molecule has 0 fully saturated rings. The van der Waals surface area contributed by atoms with Gasteiger partial charge in [-0.1, -0.05) is 18.2 Å². The Balaban J connectivity index is 1.85. The van der Waals surface area contributed by atoms with Crippen molar-refractivity contribution < 1.29 is 4.74 Å². The van der Waals surface area contributed by atoms with Gasteiger partial charge in [-0.25, -0.2) is 4.98 Å². The zero-order chi connectivity index (χ0) is 12.8. The van der Waals surface area contributed by atoms with Crippen LogP contribution in [-0.4, -0.2) is 18.6 Å². The molecule has 2 aromatic rings. The second kappa shape index (κ2) is 6.52. The molecule has 1 unspecified atom stereocenters. The Morgan fingerprint density at radius 3 is 2.94 bits per heavy atom. The number of methoxy groups -OCH3 is 1. The molecule has 1 heterocycles. The second-order valence-electron chi connectivity index (χ2n) is 4.11. The predicted molar refractivity (Wildman–Crippen MR) is 75.2 cm³/mol. The van der Waals surface area contributed by atoms with E-state index in [1.54, 1.807) is 18.4 Å². The molecule has 96 valence electrons. The van der Waals surface area contributed by atoms with Crippen LogP contribution in [0.2, 0.25) is 0 Å². The van der Waals surface area contributed by atoms with Crippen LogP contribution in [0.4, 0.5) is 0 Å². The van der Waals surface area contributed by atoms with E-state index >= 15 is 0 Å². The van der Waals surface area contributed by atoms with E-state index in [4.69, 9.17) is 4.74 Å². The number of thiazole rings is 1. The largest absolute Gasteiger partial charge is 0.496 e. The first kappa shape index (κ1) is 13.1. The van der Waals surface area contributed by atoms with Crippen molar-refractivity contribution in [2.45, 2.75) is 19.4 Å². The van der Waals surface area contributed by atoms with Gasteiger partial charge in [-0.05, 0) is 31.5 Å². The van der Waals surface area contributed by atoms with Gasteiger partial charge >= 0.3 is 0 Å². The molecule has 1 aromatic carbocycles. The molecule has 0 radical (unpaired) electrons. The van der Waals surface area contributed by atoms with Gasteiger partial charge < -0.3 is 10.1 Å². The SMILES string of the molecule is COc1ccccc1CCNC(C)c1nccs1. The van der Waals surface area contributed by atoms with Crippen molar-refractivity contribution in [2.75, 3.05) is 13.7 Å². The fourth-order valence-electron chi connectivity index (χ4n) is 1.87. The molecule has 18 heavy (non-hydrogen) atoms. The van der Waals surface area contributed by atoms with Gasteiger partial charge in [0.1, 0.15) is 10.8 Å². The number of nitrogens with one attached hydrogen (secondary N) is 1. The molecule has 0 aliphatic rings. The topological polar surface area (TPSA) is 34.1 Å². The van der Waals surface area contributed by atoms with Crippen molar-refractivity contribution in [1.82, 2.24) is 10.3 Å². The molecule has 0 aliphatic carbocycles. The maximum absolute atomic E-state index is 5.34. The Labute approximate surface area is 112 Å². The van der Waals surface area contributed by atoms with Gasteiger partial charge in [0.15, 0.2) is 0 Å². The van der Waals surface area contributed by atoms with E-state index in [9.17, 15) is 0 Å². The zero-order valence-corrected chi connectivity index (χ0v) is 11.5. The lowest BCUT2D eigenvalue weighted by Gasteiger charge is -2.12. The summed E-state index contributed by atoms with van der Waals surface area (Å²) in [7, 11) is 1.71. The lowest BCUT2D eigenvalue weighted by Crippen LogP contribution is -2.21. The summed E-state index contributed by atoms with van der Waals surface area (Å²) in [5.74, 6) is 0.959. The van der Waals surface area contributed by atoms with Crippen molar-refractivity contribution >= 4 is 11.3 Å². The van der Waals surface area contributed by atoms with E-state index in [2.05, 4.69) is 23.3 Å². The summed E-state index contributed by atoms with van der Waals surface area (Å²) >= 11 is 1.69. The Kier molecular flexibility index (Phi) is 4.73. The highest BCUT2D eigenvalue weighted by atomic mass is 32.1. The molecular weight excluding hydrogens is 244 g/mol. The first-order valence-corrected chi connectivity index (χ1v) is 6.94. The summed E-state index contributed by atoms with van der Waals surface area (Å²) in [6.07, 6.45) is 2.80. The minimum Gasteiger partial charge on any atom is -0.496 e. The number of nitrogens with zero attached hydrogens (tertiary/aromatic N) is 1. The molecule has 3 nitrogen and oxygen atoms in total. The minimum atomic E-state index is 0.305. The Hall–Kier alpha value is -1.39. The maximum atomic E-state index is 5.34. The molecule has 0 aliphatic heterocycles. The number of aromatic nitrogens is 1. The van der Waals surface area contributed by atoms with E-state index < -0.39 is 0 Å². The number of hydrogen-bond acceptors (Lipinski definition) is 4. The first-order valence-electron chi connectivity index (χ1n) is 6.06. The van der Waals surface area contributed by atoms with Crippen LogP contribution in [0.1, 0.15) is 23.5 Å². The van der Waals surface area contributed by atoms with E-state index in [0.29, 0.717) is 6.04 Å². The monoisotopic (exact) mass is 262 g/mol. The van der Waals surface area contributed by atoms with Crippen LogP contribution in [0, 0.1) is 0 Å². The van der Waals surface area contributed by atoms with Crippen molar-refractivity contribution in [3.05, 3.63) is 46.4 Å². The molecule has 1 atom stereocenters. The molecule has 4 heteroatoms. The third-order valence-corrected chi connectivity index (χ3v) is 3.82. The van der Waals surface area contributed by atoms with Gasteiger partial charge in [-0.3, -0.25) is 0 Å². The lowest BCUT2D eigenvalue weighted by molar-refractivity contribution is 0.408. The van der Waals surface area contributed by atoms with Gasteiger partial charge in [0.2, 0.25) is 0 Å². The molecular formula is C14H18N2OS. The fraction of sp³-hybridized carbons (Fsp3) is 0.357. The van der Waals surface area contributed by atoms with E-state index in [1.807, 2.05) is 29.8 Å². The third-order valence-electron chi connectivity index (χ3n) is 2.86. The van der Waals surface area contributed by atoms with Gasteiger partial charge in [-0.2, -0.15) is 0 Å². The summed E-state index contributed by atoms with van der Waals surface area (Å²) in [6.45, 7) is 3.06. The highest BCUT2D eigenvalue weighted by Crippen LogP contribution is 2.18. The zero-order valence-electron chi connectivity index (χ0n) is 10.7. The van der Waals surface area contributed by atoms with Crippen LogP contribution in [0.5, 0.6) is 5.75 Å². The average molecular weight is 262 g/mol. The Bertz CT molecular complexity index is 470. The Morgan fingerprint density at radius 1 is 1.39 bits per heavy atom. The third kappa shape index (κ3) is 3.31. The highest BCUT2D eigenvalue weighted by Gasteiger charge is 2.07. The fourth-order valence-corrected chi connectivity index (χ4v) is 2.54. The number of rotatable bonds is 6. The predicted octanol–water partition coefficient (Wildman–Crippen LogP) is 3.05. The normalized spacial score (nSPS) is 12.3. The lowest BCUT2D eigenvalue weighted by atomic mass is 10.1. The quantitative estimate of drug-likeness (QED) is 0.869. The molecule has 2 rings (SSSR count). The summed E-state index contributed by atoms with van der Waals surface area (Å²) in [6, 6.07) is 8.45. The second-order valence-corrected chi connectivity index (χ2v) is 5.03. The van der Waals surface area contributed by atoms with Crippen LogP contribution < -0.4 is 10.1 Å². The molecule has 0 saturated carbocycles. The average Bonchev–Trinajstić information content (AvgIpc) is 2.93.